The molecule has 0 spiro atoms. The van der Waals surface area contributed by atoms with E-state index in [1.165, 1.54) is 13.8 Å². The molecule has 1 amide bonds. The Bertz CT molecular complexity index is 137. The third-order valence-corrected chi connectivity index (χ3v) is 1.59. The van der Waals surface area contributed by atoms with E-state index in [1.807, 2.05) is 0 Å². The number of carbonyl (C=O) groups is 2. The van der Waals surface area contributed by atoms with Crippen LogP contribution in [-0.4, -0.2) is 17.0 Å². The van der Waals surface area contributed by atoms with E-state index >= 15 is 0 Å². The predicted molar refractivity (Wildman–Crippen MR) is 35.2 cm³/mol. The summed E-state index contributed by atoms with van der Waals surface area (Å²) in [6.07, 6.45) is 0. The van der Waals surface area contributed by atoms with Crippen LogP contribution in [0.1, 0.15) is 13.8 Å². The molecule has 0 aliphatic heterocycles. The van der Waals surface area contributed by atoms with E-state index in [0.717, 1.165) is 0 Å². The van der Waals surface area contributed by atoms with Crippen LogP contribution >= 0.6 is 0 Å². The van der Waals surface area contributed by atoms with Gasteiger partial charge in [0.1, 0.15) is 0 Å². The second-order valence-electron chi connectivity index (χ2n) is 2.32. The molecule has 0 saturated carbocycles. The minimum atomic E-state index is -0.994. The molecule has 2 atom stereocenters. The second kappa shape index (κ2) is 3.20. The molecule has 0 saturated heterocycles. The Morgan fingerprint density at radius 3 is 1.80 bits per heavy atom. The number of aliphatic carboxylic acids is 1. The van der Waals surface area contributed by atoms with Gasteiger partial charge in [-0.15, -0.1) is 0 Å². The highest BCUT2D eigenvalue weighted by molar-refractivity contribution is 5.82. The van der Waals surface area contributed by atoms with Crippen molar-refractivity contribution in [1.29, 1.82) is 0 Å². The molecule has 0 rings (SSSR count). The molecule has 0 bridgehead atoms. The zero-order chi connectivity index (χ0) is 8.31. The van der Waals surface area contributed by atoms with Crippen molar-refractivity contribution in [1.82, 2.24) is 0 Å². The summed E-state index contributed by atoms with van der Waals surface area (Å²) in [6.45, 7) is 2.96. The Morgan fingerprint density at radius 1 is 1.30 bits per heavy atom. The van der Waals surface area contributed by atoms with Crippen molar-refractivity contribution in [2.45, 2.75) is 13.8 Å². The highest BCUT2D eigenvalue weighted by Crippen LogP contribution is 2.09. The van der Waals surface area contributed by atoms with E-state index in [2.05, 4.69) is 0 Å². The maximum absolute atomic E-state index is 10.4. The Hall–Kier alpha value is -1.06. The van der Waals surface area contributed by atoms with Crippen molar-refractivity contribution in [3.63, 3.8) is 0 Å². The Morgan fingerprint density at radius 2 is 1.70 bits per heavy atom. The van der Waals surface area contributed by atoms with Gasteiger partial charge in [0.15, 0.2) is 0 Å². The van der Waals surface area contributed by atoms with Gasteiger partial charge in [-0.1, -0.05) is 13.8 Å². The molecule has 0 aliphatic rings. The molecule has 58 valence electrons. The van der Waals surface area contributed by atoms with Crippen molar-refractivity contribution in [2.24, 2.45) is 17.6 Å². The molecule has 3 N–H and O–H groups in total. The summed E-state index contributed by atoms with van der Waals surface area (Å²) in [5.41, 5.74) is 4.87. The Balaban J connectivity index is 4.07. The highest BCUT2D eigenvalue weighted by atomic mass is 16.4. The van der Waals surface area contributed by atoms with Gasteiger partial charge >= 0.3 is 5.97 Å². The van der Waals surface area contributed by atoms with Gasteiger partial charge in [0.25, 0.3) is 0 Å². The number of hydrogen-bond donors (Lipinski definition) is 2. The van der Waals surface area contributed by atoms with Crippen molar-refractivity contribution in [2.75, 3.05) is 0 Å². The molecule has 4 heteroatoms. The van der Waals surface area contributed by atoms with Crippen molar-refractivity contribution in [3.8, 4) is 0 Å². The van der Waals surface area contributed by atoms with E-state index in [1.54, 1.807) is 0 Å². The first-order valence-corrected chi connectivity index (χ1v) is 2.99. The zero-order valence-corrected chi connectivity index (χ0v) is 6.00. The van der Waals surface area contributed by atoms with Crippen LogP contribution in [0.25, 0.3) is 0 Å². The average Bonchev–Trinajstić information content (AvgIpc) is 1.84. The van der Waals surface area contributed by atoms with E-state index in [4.69, 9.17) is 10.8 Å². The summed E-state index contributed by atoms with van der Waals surface area (Å²) >= 11 is 0. The first kappa shape index (κ1) is 8.94. The van der Waals surface area contributed by atoms with E-state index in [0.29, 0.717) is 0 Å². The smallest absolute Gasteiger partial charge is 0.307 e. The van der Waals surface area contributed by atoms with Crippen LogP contribution in [0.4, 0.5) is 0 Å². The maximum Gasteiger partial charge on any atom is 0.307 e. The fraction of sp³-hybridized carbons (Fsp3) is 0.667. The predicted octanol–water partition coefficient (Wildman–Crippen LogP) is -0.172. The molecule has 0 aromatic carbocycles. The van der Waals surface area contributed by atoms with Crippen LogP contribution < -0.4 is 5.73 Å². The molecule has 4 nitrogen and oxygen atoms in total. The van der Waals surface area contributed by atoms with Crippen LogP contribution in [0.2, 0.25) is 0 Å². The lowest BCUT2D eigenvalue weighted by Gasteiger charge is -2.10. The van der Waals surface area contributed by atoms with Crippen LogP contribution in [0.15, 0.2) is 0 Å². The molecule has 0 aliphatic carbocycles. The average molecular weight is 145 g/mol. The summed E-state index contributed by atoms with van der Waals surface area (Å²) in [4.78, 5) is 20.6. The van der Waals surface area contributed by atoms with E-state index in [9.17, 15) is 9.59 Å². The molecule has 0 aromatic rings. The van der Waals surface area contributed by atoms with Gasteiger partial charge in [0.2, 0.25) is 5.91 Å². The number of carbonyl (C=O) groups excluding carboxylic acids is 1. The molecule has 0 aromatic heterocycles. The van der Waals surface area contributed by atoms with E-state index < -0.39 is 23.7 Å². The van der Waals surface area contributed by atoms with Gasteiger partial charge in [0.05, 0.1) is 5.92 Å². The Kier molecular flexibility index (Phi) is 2.86. The number of nitrogens with two attached hydrogens (primary N) is 1. The third kappa shape index (κ3) is 2.05. The van der Waals surface area contributed by atoms with Crippen molar-refractivity contribution in [3.05, 3.63) is 0 Å². The summed E-state index contributed by atoms with van der Waals surface area (Å²) in [6, 6.07) is 0. The second-order valence-corrected chi connectivity index (χ2v) is 2.32. The number of carboxylic acids is 1. The van der Waals surface area contributed by atoms with Gasteiger partial charge in [-0.3, -0.25) is 9.59 Å². The lowest BCUT2D eigenvalue weighted by molar-refractivity contribution is -0.145. The minimum Gasteiger partial charge on any atom is -0.481 e. The van der Waals surface area contributed by atoms with Gasteiger partial charge in [-0.25, -0.2) is 0 Å². The monoisotopic (exact) mass is 145 g/mol. The molecule has 10 heavy (non-hydrogen) atoms. The number of hydrogen-bond acceptors (Lipinski definition) is 2. The zero-order valence-electron chi connectivity index (χ0n) is 6.00. The largest absolute Gasteiger partial charge is 0.481 e. The quantitative estimate of drug-likeness (QED) is 0.578. The summed E-state index contributed by atoms with van der Waals surface area (Å²) in [5, 5.41) is 8.39. The van der Waals surface area contributed by atoms with Crippen molar-refractivity contribution >= 4 is 11.9 Å². The molecular weight excluding hydrogens is 134 g/mol. The summed E-state index contributed by atoms with van der Waals surface area (Å²) in [5.74, 6) is -2.86. The van der Waals surface area contributed by atoms with Crippen LogP contribution in [0, 0.1) is 11.8 Å². The first-order chi connectivity index (χ1) is 4.46. The number of rotatable bonds is 3. The summed E-state index contributed by atoms with van der Waals surface area (Å²) in [7, 11) is 0. The lowest BCUT2D eigenvalue weighted by Crippen LogP contribution is -2.30. The van der Waals surface area contributed by atoms with Gasteiger partial charge in [-0.2, -0.15) is 0 Å². The molecule has 1 unspecified atom stereocenters. The number of primary amides is 1. The first-order valence-electron chi connectivity index (χ1n) is 2.99. The molecule has 0 heterocycles. The Labute approximate surface area is 59.0 Å². The summed E-state index contributed by atoms with van der Waals surface area (Å²) < 4.78 is 0. The van der Waals surface area contributed by atoms with Crippen LogP contribution in [0.5, 0.6) is 0 Å². The highest BCUT2D eigenvalue weighted by Gasteiger charge is 2.23. The normalized spacial score (nSPS) is 15.8. The molecule has 0 fully saturated rings. The van der Waals surface area contributed by atoms with E-state index in [-0.39, 0.29) is 0 Å². The molecular formula is C6H11NO3. The number of carboxylic acid groups (broad SMARTS) is 1. The fourth-order valence-electron chi connectivity index (χ4n) is 0.460. The molecule has 0 radical (unpaired) electrons. The fourth-order valence-corrected chi connectivity index (χ4v) is 0.460. The van der Waals surface area contributed by atoms with Gasteiger partial charge < -0.3 is 10.8 Å². The van der Waals surface area contributed by atoms with Crippen LogP contribution in [0.3, 0.4) is 0 Å². The third-order valence-electron chi connectivity index (χ3n) is 1.59. The van der Waals surface area contributed by atoms with Gasteiger partial charge in [-0.05, 0) is 0 Å². The lowest BCUT2D eigenvalue weighted by atomic mass is 9.96. The minimum absolute atomic E-state index is 0.574. The van der Waals surface area contributed by atoms with Gasteiger partial charge in [0, 0.05) is 5.92 Å². The number of amides is 1. The van der Waals surface area contributed by atoms with Crippen molar-refractivity contribution < 1.29 is 14.7 Å². The maximum atomic E-state index is 10.4. The standard InChI is InChI=1S/C6H11NO3/c1-3(5(7)8)4(2)6(9)10/h3-4H,1-2H3,(H2,7,8)(H,9,10)/t3?,4-/m0/s1. The van der Waals surface area contributed by atoms with Crippen LogP contribution in [-0.2, 0) is 9.59 Å². The SMILES string of the molecule is CC(C(N)=O)[C@H](C)C(=O)O. The topological polar surface area (TPSA) is 80.4 Å².